The second-order valence-corrected chi connectivity index (χ2v) is 9.42. The smallest absolute Gasteiger partial charge is 0.302 e. The van der Waals surface area contributed by atoms with Crippen LogP contribution in [-0.2, 0) is 13.6 Å². The van der Waals surface area contributed by atoms with Crippen LogP contribution >= 0.6 is 7.60 Å². The van der Waals surface area contributed by atoms with Crippen molar-refractivity contribution in [3.63, 3.8) is 0 Å². The van der Waals surface area contributed by atoms with Crippen molar-refractivity contribution in [2.75, 3.05) is 13.2 Å². The molecule has 1 aromatic carbocycles. The number of carbonyl (C=O) groups excluding carboxylic acids is 1. The number of benzene rings is 1. The maximum Gasteiger partial charge on any atom is 0.401 e. The lowest BCUT2D eigenvalue weighted by atomic mass is 9.97. The van der Waals surface area contributed by atoms with Crippen molar-refractivity contribution in [3.05, 3.63) is 59.7 Å². The van der Waals surface area contributed by atoms with Gasteiger partial charge in [-0.1, -0.05) is 54.1 Å². The molecule has 0 aliphatic heterocycles. The molecule has 3 rings (SSSR count). The van der Waals surface area contributed by atoms with Gasteiger partial charge in [0.25, 0.3) is 5.52 Å². The van der Waals surface area contributed by atoms with E-state index in [9.17, 15) is 9.36 Å². The van der Waals surface area contributed by atoms with Gasteiger partial charge in [0.15, 0.2) is 0 Å². The molecule has 0 N–H and O–H groups in total. The molecule has 4 nitrogen and oxygen atoms in total. The molecule has 2 aliphatic carbocycles. The lowest BCUT2D eigenvalue weighted by Gasteiger charge is -2.23. The number of rotatable bonds is 8. The minimum absolute atomic E-state index is 0.191. The molecular weight excluding hydrogens is 359 g/mol. The zero-order chi connectivity index (χ0) is 19.1. The number of hydrogen-bond acceptors (Lipinski definition) is 4. The maximum absolute atomic E-state index is 13.4. The highest BCUT2D eigenvalue weighted by Gasteiger charge is 2.37. The molecular formula is C22H29O4P. The maximum atomic E-state index is 13.4. The van der Waals surface area contributed by atoms with E-state index in [1.165, 1.54) is 0 Å². The highest BCUT2D eigenvalue weighted by molar-refractivity contribution is 7.72. The fourth-order valence-corrected chi connectivity index (χ4v) is 4.99. The van der Waals surface area contributed by atoms with Crippen molar-refractivity contribution in [1.29, 1.82) is 0 Å². The predicted octanol–water partition coefficient (Wildman–Crippen LogP) is 6.07. The minimum atomic E-state index is -3.89. The van der Waals surface area contributed by atoms with Crippen LogP contribution in [0.25, 0.3) is 0 Å². The Labute approximate surface area is 162 Å². The van der Waals surface area contributed by atoms with Crippen molar-refractivity contribution in [3.8, 4) is 0 Å². The summed E-state index contributed by atoms with van der Waals surface area (Å²) in [5, 5.41) is 0. The quantitative estimate of drug-likeness (QED) is 0.400. The summed E-state index contributed by atoms with van der Waals surface area (Å²) in [5.41, 5.74) is 0.882. The van der Waals surface area contributed by atoms with Gasteiger partial charge in [-0.2, -0.15) is 0 Å². The summed E-state index contributed by atoms with van der Waals surface area (Å²) >= 11 is 0. The molecule has 2 unspecified atom stereocenters. The van der Waals surface area contributed by atoms with Gasteiger partial charge in [-0.15, -0.1) is 0 Å². The number of allylic oxidation sites excluding steroid dienone is 2. The van der Waals surface area contributed by atoms with E-state index in [2.05, 4.69) is 24.3 Å². The normalized spacial score (nSPS) is 24.5. The molecule has 0 saturated heterocycles. The van der Waals surface area contributed by atoms with Crippen LogP contribution in [0.3, 0.4) is 0 Å². The lowest BCUT2D eigenvalue weighted by Crippen LogP contribution is -2.16. The van der Waals surface area contributed by atoms with E-state index >= 15 is 0 Å². The third-order valence-electron chi connectivity index (χ3n) is 5.17. The van der Waals surface area contributed by atoms with E-state index in [-0.39, 0.29) is 25.0 Å². The van der Waals surface area contributed by atoms with Gasteiger partial charge in [0, 0.05) is 17.4 Å². The molecule has 2 aliphatic rings. The molecule has 2 atom stereocenters. The molecule has 0 spiro atoms. The van der Waals surface area contributed by atoms with Crippen LogP contribution in [0.2, 0.25) is 0 Å². The number of hydrogen-bond donors (Lipinski definition) is 0. The van der Waals surface area contributed by atoms with Crippen molar-refractivity contribution >= 4 is 13.1 Å². The first kappa shape index (κ1) is 20.3. The van der Waals surface area contributed by atoms with Gasteiger partial charge in [0.1, 0.15) is 0 Å². The van der Waals surface area contributed by atoms with Crippen LogP contribution in [0.15, 0.2) is 48.6 Å². The first-order chi connectivity index (χ1) is 13.1. The van der Waals surface area contributed by atoms with Crippen LogP contribution in [0.1, 0.15) is 54.4 Å². The summed E-state index contributed by atoms with van der Waals surface area (Å²) in [6.45, 7) is 2.46. The Kier molecular flexibility index (Phi) is 7.23. The Bertz CT molecular complexity index is 703. The summed E-state index contributed by atoms with van der Waals surface area (Å²) in [6, 6.07) is 7.06. The first-order valence-electron chi connectivity index (χ1n) is 9.91. The molecule has 0 bridgehead atoms. The number of aryl methyl sites for hydroxylation is 1. The molecule has 5 heteroatoms. The Hall–Kier alpha value is -1.48. The number of carbonyl (C=O) groups is 1. The molecule has 0 saturated carbocycles. The molecule has 27 heavy (non-hydrogen) atoms. The zero-order valence-electron chi connectivity index (χ0n) is 16.0. The Morgan fingerprint density at radius 2 is 1.48 bits per heavy atom. The third-order valence-corrected chi connectivity index (χ3v) is 6.91. The first-order valence-corrected chi connectivity index (χ1v) is 11.4. The summed E-state index contributed by atoms with van der Waals surface area (Å²) < 4.78 is 24.9. The summed E-state index contributed by atoms with van der Waals surface area (Å²) in [7, 11) is -3.89. The van der Waals surface area contributed by atoms with Gasteiger partial charge in [-0.3, -0.25) is 9.36 Å². The average molecular weight is 388 g/mol. The Morgan fingerprint density at radius 3 is 1.93 bits per heavy atom. The fraction of sp³-hybridized carbons (Fsp3) is 0.500. The second-order valence-electron chi connectivity index (χ2n) is 7.50. The third kappa shape index (κ3) is 5.75. The summed E-state index contributed by atoms with van der Waals surface area (Å²) in [6.07, 6.45) is 14.7. The molecule has 146 valence electrons. The second kappa shape index (κ2) is 9.64. The average Bonchev–Trinajstić information content (AvgIpc) is 2.72. The molecule has 1 aromatic rings. The molecule has 0 fully saturated rings. The SMILES string of the molecule is Cc1ccc(C(=O)P(=O)(OCC2C=CCCC2)OCC2C=CCCC2)cc1. The van der Waals surface area contributed by atoms with E-state index in [1.54, 1.807) is 12.1 Å². The van der Waals surface area contributed by atoms with Gasteiger partial charge in [-0.25, -0.2) is 0 Å². The van der Waals surface area contributed by atoms with E-state index in [0.29, 0.717) is 5.56 Å². The highest BCUT2D eigenvalue weighted by Crippen LogP contribution is 2.52. The van der Waals surface area contributed by atoms with E-state index < -0.39 is 13.1 Å². The van der Waals surface area contributed by atoms with E-state index in [1.807, 2.05) is 19.1 Å². The van der Waals surface area contributed by atoms with Gasteiger partial charge >= 0.3 is 7.60 Å². The molecule has 0 amide bonds. The van der Waals surface area contributed by atoms with Crippen LogP contribution in [-0.4, -0.2) is 18.7 Å². The van der Waals surface area contributed by atoms with Gasteiger partial charge in [0.2, 0.25) is 0 Å². The molecule has 0 radical (unpaired) electrons. The van der Waals surface area contributed by atoms with Crippen LogP contribution in [0, 0.1) is 18.8 Å². The van der Waals surface area contributed by atoms with E-state index in [0.717, 1.165) is 44.1 Å². The monoisotopic (exact) mass is 388 g/mol. The van der Waals surface area contributed by atoms with E-state index in [4.69, 9.17) is 9.05 Å². The summed E-state index contributed by atoms with van der Waals surface area (Å²) in [5.74, 6) is 0.382. The molecule has 0 aromatic heterocycles. The molecule has 0 heterocycles. The highest BCUT2D eigenvalue weighted by atomic mass is 31.2. The lowest BCUT2D eigenvalue weighted by molar-refractivity contribution is 0.0972. The predicted molar refractivity (Wildman–Crippen MR) is 108 cm³/mol. The minimum Gasteiger partial charge on any atom is -0.302 e. The van der Waals surface area contributed by atoms with Crippen molar-refractivity contribution in [2.45, 2.75) is 45.4 Å². The van der Waals surface area contributed by atoms with Crippen molar-refractivity contribution in [1.82, 2.24) is 0 Å². The Balaban J connectivity index is 1.72. The zero-order valence-corrected chi connectivity index (χ0v) is 16.9. The van der Waals surface area contributed by atoms with Crippen molar-refractivity contribution in [2.24, 2.45) is 11.8 Å². The van der Waals surface area contributed by atoms with Gasteiger partial charge in [-0.05, 0) is 45.4 Å². The van der Waals surface area contributed by atoms with Gasteiger partial charge in [0.05, 0.1) is 13.2 Å². The Morgan fingerprint density at radius 1 is 0.963 bits per heavy atom. The van der Waals surface area contributed by atoms with Crippen LogP contribution in [0.5, 0.6) is 0 Å². The van der Waals surface area contributed by atoms with Crippen molar-refractivity contribution < 1.29 is 18.4 Å². The summed E-state index contributed by atoms with van der Waals surface area (Å²) in [4.78, 5) is 13.0. The topological polar surface area (TPSA) is 52.6 Å². The van der Waals surface area contributed by atoms with Crippen LogP contribution < -0.4 is 0 Å². The van der Waals surface area contributed by atoms with Gasteiger partial charge < -0.3 is 9.05 Å². The standard InChI is InChI=1S/C22H29O4P/c1-18-12-14-21(15-13-18)22(23)27(24,25-16-19-8-4-2-5-9-19)26-17-20-10-6-3-7-11-20/h4,6,8,10,12-15,19-20H,2-3,5,7,9,11,16-17H2,1H3. The van der Waals surface area contributed by atoms with Crippen LogP contribution in [0.4, 0.5) is 0 Å². The fourth-order valence-electron chi connectivity index (χ4n) is 3.44. The largest absolute Gasteiger partial charge is 0.401 e.